The van der Waals surface area contributed by atoms with E-state index in [4.69, 9.17) is 4.74 Å². The van der Waals surface area contributed by atoms with Gasteiger partial charge in [0, 0.05) is 37.7 Å². The molecule has 9 nitrogen and oxygen atoms in total. The van der Waals surface area contributed by atoms with Crippen LogP contribution in [0.1, 0.15) is 23.2 Å². The van der Waals surface area contributed by atoms with Crippen molar-refractivity contribution in [3.63, 3.8) is 0 Å². The summed E-state index contributed by atoms with van der Waals surface area (Å²) in [5.74, 6) is -0.966. The summed E-state index contributed by atoms with van der Waals surface area (Å²) >= 11 is 0. The number of nitrogens with zero attached hydrogens (tertiary/aromatic N) is 1. The molecule has 210 valence electrons. The van der Waals surface area contributed by atoms with Gasteiger partial charge in [0.05, 0.1) is 10.6 Å². The van der Waals surface area contributed by atoms with E-state index in [1.807, 2.05) is 18.2 Å². The fraction of sp³-hybridized carbons (Fsp3) is 0.280. The quantitative estimate of drug-likeness (QED) is 0.425. The standard InChI is InChI=1S/C20H21F3N2O6S2.C5H5N/c21-20(22,23)32(27,28)18-12-16(6-7-17(18)24-13-14-8-10-31-11-9-14)33(29,30)25-19(26)15-4-2-1-3-5-15;1-2-4-6-5-3-1/h1-7,12,14,24H,8-11,13H2,(H,25,26);1-5H. The molecule has 0 radical (unpaired) electrons. The largest absolute Gasteiger partial charge is 0.501 e. The number of halogens is 3. The highest BCUT2D eigenvalue weighted by Gasteiger charge is 2.48. The molecule has 4 rings (SSSR count). The lowest BCUT2D eigenvalue weighted by Gasteiger charge is -2.23. The van der Waals surface area contributed by atoms with Crippen molar-refractivity contribution in [3.8, 4) is 0 Å². The fourth-order valence-electron chi connectivity index (χ4n) is 3.51. The summed E-state index contributed by atoms with van der Waals surface area (Å²) in [6.07, 6.45) is 4.79. The summed E-state index contributed by atoms with van der Waals surface area (Å²) in [5, 5.41) is 2.69. The molecule has 1 fully saturated rings. The summed E-state index contributed by atoms with van der Waals surface area (Å²) in [4.78, 5) is 14.0. The van der Waals surface area contributed by atoms with E-state index in [9.17, 15) is 34.8 Å². The van der Waals surface area contributed by atoms with Crippen molar-refractivity contribution in [2.75, 3.05) is 25.1 Å². The van der Waals surface area contributed by atoms with E-state index in [0.29, 0.717) is 32.1 Å². The van der Waals surface area contributed by atoms with Gasteiger partial charge in [-0.05, 0) is 61.2 Å². The minimum atomic E-state index is -5.89. The number of ether oxygens (including phenoxy) is 1. The molecule has 0 unspecified atom stereocenters. The first kappa shape index (κ1) is 30.1. The Morgan fingerprint density at radius 1 is 0.923 bits per heavy atom. The SMILES string of the molecule is O=C(NS(=O)(=O)c1ccc(NCC2CCOCC2)c(S(=O)(=O)C(F)(F)F)c1)c1ccccc1.c1ccncc1. The van der Waals surface area contributed by atoms with E-state index >= 15 is 0 Å². The van der Waals surface area contributed by atoms with E-state index in [1.165, 1.54) is 24.3 Å². The number of sulfonamides is 1. The second kappa shape index (κ2) is 13.0. The van der Waals surface area contributed by atoms with Gasteiger partial charge >= 0.3 is 5.51 Å². The number of rotatable bonds is 7. The number of hydrogen-bond donors (Lipinski definition) is 2. The van der Waals surface area contributed by atoms with Gasteiger partial charge in [-0.2, -0.15) is 13.2 Å². The molecule has 0 atom stereocenters. The summed E-state index contributed by atoms with van der Waals surface area (Å²) in [7, 11) is -10.6. The van der Waals surface area contributed by atoms with Gasteiger partial charge in [-0.3, -0.25) is 9.78 Å². The number of hydrogen-bond acceptors (Lipinski definition) is 8. The first-order valence-electron chi connectivity index (χ1n) is 11.7. The highest BCUT2D eigenvalue weighted by Crippen LogP contribution is 2.36. The van der Waals surface area contributed by atoms with E-state index < -0.39 is 41.1 Å². The normalized spacial score (nSPS) is 14.5. The topological polar surface area (TPSA) is 132 Å². The Bertz CT molecular complexity index is 1420. The van der Waals surface area contributed by atoms with Gasteiger partial charge in [-0.15, -0.1) is 0 Å². The van der Waals surface area contributed by atoms with Crippen LogP contribution >= 0.6 is 0 Å². The average Bonchev–Trinajstić information content (AvgIpc) is 2.93. The first-order valence-corrected chi connectivity index (χ1v) is 14.6. The summed E-state index contributed by atoms with van der Waals surface area (Å²) < 4.78 is 96.5. The van der Waals surface area contributed by atoms with Crippen molar-refractivity contribution >= 4 is 31.5 Å². The van der Waals surface area contributed by atoms with Crippen LogP contribution in [0.15, 0.2) is 88.9 Å². The zero-order valence-corrected chi connectivity index (χ0v) is 22.1. The summed E-state index contributed by atoms with van der Waals surface area (Å²) in [6, 6.07) is 15.3. The molecular weight excluding hydrogens is 559 g/mol. The number of anilines is 1. The number of carbonyl (C=O) groups excluding carboxylic acids is 1. The highest BCUT2D eigenvalue weighted by molar-refractivity contribution is 7.92. The van der Waals surface area contributed by atoms with Gasteiger partial charge in [-0.25, -0.2) is 21.6 Å². The number of nitrogens with one attached hydrogen (secondary N) is 2. The molecule has 14 heteroatoms. The van der Waals surface area contributed by atoms with Crippen molar-refractivity contribution in [2.45, 2.75) is 28.1 Å². The predicted molar refractivity (Wildman–Crippen MR) is 137 cm³/mol. The van der Waals surface area contributed by atoms with Crippen LogP contribution in [0.5, 0.6) is 0 Å². The molecule has 39 heavy (non-hydrogen) atoms. The van der Waals surface area contributed by atoms with Gasteiger partial charge in [-0.1, -0.05) is 24.3 Å². The molecule has 1 aromatic heterocycles. The van der Waals surface area contributed by atoms with E-state index in [-0.39, 0.29) is 23.7 Å². The molecule has 2 N–H and O–H groups in total. The van der Waals surface area contributed by atoms with Crippen molar-refractivity contribution in [3.05, 3.63) is 84.7 Å². The Morgan fingerprint density at radius 2 is 1.54 bits per heavy atom. The molecule has 0 spiro atoms. The van der Waals surface area contributed by atoms with Gasteiger partial charge in [0.25, 0.3) is 25.8 Å². The Hall–Kier alpha value is -3.49. The van der Waals surface area contributed by atoms with Gasteiger partial charge in [0.1, 0.15) is 4.90 Å². The fourth-order valence-corrected chi connectivity index (χ4v) is 5.55. The lowest BCUT2D eigenvalue weighted by Crippen LogP contribution is -2.31. The second-order valence-electron chi connectivity index (χ2n) is 8.37. The molecular formula is C25H26F3N3O6S2. The van der Waals surface area contributed by atoms with Crippen LogP contribution < -0.4 is 10.0 Å². The molecule has 3 aromatic rings. The van der Waals surface area contributed by atoms with Crippen molar-refractivity contribution in [1.29, 1.82) is 0 Å². The van der Waals surface area contributed by atoms with E-state index in [2.05, 4.69) is 10.3 Å². The Kier molecular flexibility index (Phi) is 10.1. The minimum Gasteiger partial charge on any atom is -0.384 e. The summed E-state index contributed by atoms with van der Waals surface area (Å²) in [6.45, 7) is 1.15. The molecule has 0 bridgehead atoms. The number of alkyl halides is 3. The number of carbonyl (C=O) groups is 1. The van der Waals surface area contributed by atoms with Crippen LogP contribution in [-0.2, 0) is 24.6 Å². The molecule has 1 amide bonds. The van der Waals surface area contributed by atoms with Gasteiger partial charge in [0.15, 0.2) is 0 Å². The number of benzene rings is 2. The van der Waals surface area contributed by atoms with Crippen LogP contribution in [0.2, 0.25) is 0 Å². The van der Waals surface area contributed by atoms with E-state index in [0.717, 1.165) is 12.1 Å². The maximum absolute atomic E-state index is 13.3. The molecule has 2 aromatic carbocycles. The molecule has 1 saturated heterocycles. The number of pyridine rings is 1. The van der Waals surface area contributed by atoms with E-state index in [1.54, 1.807) is 23.2 Å². The maximum atomic E-state index is 13.3. The smallest absolute Gasteiger partial charge is 0.384 e. The molecule has 1 aliphatic rings. The third-order valence-electron chi connectivity index (χ3n) is 5.61. The molecule has 1 aliphatic heterocycles. The van der Waals surface area contributed by atoms with Crippen LogP contribution in [0, 0.1) is 5.92 Å². The lowest BCUT2D eigenvalue weighted by molar-refractivity contribution is -0.0435. The van der Waals surface area contributed by atoms with Crippen LogP contribution in [-0.4, -0.2) is 53.0 Å². The number of sulfone groups is 1. The second-order valence-corrected chi connectivity index (χ2v) is 12.0. The van der Waals surface area contributed by atoms with Crippen LogP contribution in [0.3, 0.4) is 0 Å². The third kappa shape index (κ3) is 8.25. The number of amides is 1. The maximum Gasteiger partial charge on any atom is 0.501 e. The lowest BCUT2D eigenvalue weighted by atomic mass is 10.0. The minimum absolute atomic E-state index is 0.000963. The summed E-state index contributed by atoms with van der Waals surface area (Å²) in [5.41, 5.74) is -6.04. The molecule has 2 heterocycles. The Balaban J connectivity index is 0.000000617. The monoisotopic (exact) mass is 585 g/mol. The van der Waals surface area contributed by atoms with Crippen molar-refractivity contribution in [2.24, 2.45) is 5.92 Å². The molecule has 0 saturated carbocycles. The first-order chi connectivity index (χ1) is 18.4. The third-order valence-corrected chi connectivity index (χ3v) is 8.46. The highest BCUT2D eigenvalue weighted by atomic mass is 32.2. The van der Waals surface area contributed by atoms with Crippen molar-refractivity contribution < 1.29 is 39.5 Å². The zero-order valence-electron chi connectivity index (χ0n) is 20.5. The Labute approximate surface area is 224 Å². The van der Waals surface area contributed by atoms with Crippen molar-refractivity contribution in [1.82, 2.24) is 9.71 Å². The zero-order chi connectivity index (χ0) is 28.5. The predicted octanol–water partition coefficient (Wildman–Crippen LogP) is 4.02. The Morgan fingerprint density at radius 3 is 2.08 bits per heavy atom. The molecule has 0 aliphatic carbocycles. The van der Waals surface area contributed by atoms with Crippen LogP contribution in [0.4, 0.5) is 18.9 Å². The van der Waals surface area contributed by atoms with Crippen LogP contribution in [0.25, 0.3) is 0 Å². The van der Waals surface area contributed by atoms with Gasteiger partial charge in [0.2, 0.25) is 0 Å². The number of aromatic nitrogens is 1. The van der Waals surface area contributed by atoms with Gasteiger partial charge < -0.3 is 10.1 Å². The average molecular weight is 586 g/mol.